The first-order chi connectivity index (χ1) is 11.8. The van der Waals surface area contributed by atoms with Gasteiger partial charge < -0.3 is 14.9 Å². The third-order valence-corrected chi connectivity index (χ3v) is 3.97. The van der Waals surface area contributed by atoms with Crippen LogP contribution in [-0.4, -0.2) is 24.5 Å². The zero-order chi connectivity index (χ0) is 16.4. The molecule has 0 bridgehead atoms. The zero-order valence-electron chi connectivity index (χ0n) is 13.4. The number of imidazole rings is 1. The van der Waals surface area contributed by atoms with E-state index in [2.05, 4.69) is 37.4 Å². The Morgan fingerprint density at radius 3 is 2.92 bits per heavy atom. The molecule has 0 aromatic carbocycles. The third kappa shape index (κ3) is 2.99. The van der Waals surface area contributed by atoms with E-state index in [-0.39, 0.29) is 0 Å². The van der Waals surface area contributed by atoms with Gasteiger partial charge in [0.1, 0.15) is 11.5 Å². The second-order valence-electron chi connectivity index (χ2n) is 5.83. The van der Waals surface area contributed by atoms with Crippen molar-refractivity contribution < 1.29 is 0 Å². The monoisotopic (exact) mass is 318 g/mol. The summed E-state index contributed by atoms with van der Waals surface area (Å²) in [4.78, 5) is 16.3. The summed E-state index contributed by atoms with van der Waals surface area (Å²) in [6.07, 6.45) is 10.3. The average molecular weight is 318 g/mol. The average Bonchev–Trinajstić information content (AvgIpc) is 3.21. The topological polar surface area (TPSA) is 71.4 Å². The van der Waals surface area contributed by atoms with Crippen LogP contribution in [0, 0.1) is 0 Å². The molecule has 4 heterocycles. The van der Waals surface area contributed by atoms with Crippen molar-refractivity contribution in [1.82, 2.24) is 24.5 Å². The second kappa shape index (κ2) is 6.16. The highest BCUT2D eigenvalue weighted by molar-refractivity contribution is 5.79. The van der Waals surface area contributed by atoms with E-state index in [1.54, 1.807) is 12.5 Å². The number of pyridine rings is 2. The fourth-order valence-electron chi connectivity index (χ4n) is 2.75. The van der Waals surface area contributed by atoms with Crippen LogP contribution < -0.4 is 5.32 Å². The minimum Gasteiger partial charge on any atom is -0.364 e. The molecule has 4 aromatic heterocycles. The van der Waals surface area contributed by atoms with Crippen LogP contribution in [0.3, 0.4) is 0 Å². The number of rotatable bonds is 5. The predicted octanol–water partition coefficient (Wildman–Crippen LogP) is 2.89. The summed E-state index contributed by atoms with van der Waals surface area (Å²) in [5.74, 6) is 0.852. The van der Waals surface area contributed by atoms with Gasteiger partial charge in [-0.25, -0.2) is 15.0 Å². The maximum absolute atomic E-state index is 4.49. The minimum atomic E-state index is 0.668. The Hall–Kier alpha value is -3.15. The standard InChI is InChI=1S/C18H18N6/c1-24-11-15(23-12-24)10-21-17-5-4-13(8-20-17)7-14-9-22-18-16(14)3-2-6-19-18/h2-6,8-9,11-12H,7,10H2,1H3,(H,19,22)(H,20,21). The molecule has 0 amide bonds. The molecule has 0 unspecified atom stereocenters. The van der Waals surface area contributed by atoms with Crippen molar-refractivity contribution in [3.05, 3.63) is 72.2 Å². The van der Waals surface area contributed by atoms with E-state index in [4.69, 9.17) is 0 Å². The van der Waals surface area contributed by atoms with Crippen LogP contribution in [0.5, 0.6) is 0 Å². The Labute approximate surface area is 139 Å². The van der Waals surface area contributed by atoms with Crippen LogP contribution >= 0.6 is 0 Å². The van der Waals surface area contributed by atoms with Gasteiger partial charge in [0.05, 0.1) is 18.6 Å². The Kier molecular flexibility index (Phi) is 3.70. The lowest BCUT2D eigenvalue weighted by molar-refractivity contribution is 0.912. The number of nitrogens with one attached hydrogen (secondary N) is 2. The number of H-pyrrole nitrogens is 1. The van der Waals surface area contributed by atoms with E-state index in [0.717, 1.165) is 29.0 Å². The third-order valence-electron chi connectivity index (χ3n) is 3.97. The van der Waals surface area contributed by atoms with Gasteiger partial charge in [0.25, 0.3) is 0 Å². The van der Waals surface area contributed by atoms with Crippen molar-refractivity contribution in [1.29, 1.82) is 0 Å². The molecule has 0 atom stereocenters. The van der Waals surface area contributed by atoms with Gasteiger partial charge in [-0.2, -0.15) is 0 Å². The number of nitrogens with zero attached hydrogens (tertiary/aromatic N) is 4. The molecule has 0 radical (unpaired) electrons. The van der Waals surface area contributed by atoms with Crippen molar-refractivity contribution in [2.24, 2.45) is 7.05 Å². The maximum atomic E-state index is 4.49. The maximum Gasteiger partial charge on any atom is 0.137 e. The molecule has 4 rings (SSSR count). The van der Waals surface area contributed by atoms with Crippen molar-refractivity contribution in [3.8, 4) is 0 Å². The number of aromatic nitrogens is 5. The normalized spacial score (nSPS) is 11.0. The van der Waals surface area contributed by atoms with E-state index >= 15 is 0 Å². The molecule has 6 nitrogen and oxygen atoms in total. The molecule has 6 heteroatoms. The first-order valence-corrected chi connectivity index (χ1v) is 7.84. The van der Waals surface area contributed by atoms with Gasteiger partial charge in [-0.1, -0.05) is 6.07 Å². The van der Waals surface area contributed by atoms with E-state index in [1.165, 1.54) is 11.1 Å². The fraction of sp³-hybridized carbons (Fsp3) is 0.167. The van der Waals surface area contributed by atoms with Crippen molar-refractivity contribution >= 4 is 16.9 Å². The van der Waals surface area contributed by atoms with Crippen molar-refractivity contribution in [3.63, 3.8) is 0 Å². The number of hydrogen-bond acceptors (Lipinski definition) is 4. The van der Waals surface area contributed by atoms with Crippen LogP contribution in [0.1, 0.15) is 16.8 Å². The van der Waals surface area contributed by atoms with Gasteiger partial charge in [-0.3, -0.25) is 0 Å². The molecule has 24 heavy (non-hydrogen) atoms. The SMILES string of the molecule is Cn1cnc(CNc2ccc(Cc3c[nH]c4ncccc34)cn2)c1. The Morgan fingerprint density at radius 2 is 2.12 bits per heavy atom. The van der Waals surface area contributed by atoms with E-state index < -0.39 is 0 Å². The van der Waals surface area contributed by atoms with Gasteiger partial charge in [-0.05, 0) is 29.3 Å². The lowest BCUT2D eigenvalue weighted by Gasteiger charge is -2.05. The molecule has 0 spiro atoms. The summed E-state index contributed by atoms with van der Waals surface area (Å²) in [6, 6.07) is 8.15. The first-order valence-electron chi connectivity index (χ1n) is 7.84. The number of aryl methyl sites for hydroxylation is 1. The van der Waals surface area contributed by atoms with Crippen molar-refractivity contribution in [2.45, 2.75) is 13.0 Å². The summed E-state index contributed by atoms with van der Waals surface area (Å²) in [7, 11) is 1.96. The van der Waals surface area contributed by atoms with E-state index in [0.29, 0.717) is 6.54 Å². The number of anilines is 1. The van der Waals surface area contributed by atoms with Gasteiger partial charge in [0.2, 0.25) is 0 Å². The molecule has 4 aromatic rings. The van der Waals surface area contributed by atoms with E-state index in [1.807, 2.05) is 42.3 Å². The fourth-order valence-corrected chi connectivity index (χ4v) is 2.75. The molecule has 0 saturated heterocycles. The highest BCUT2D eigenvalue weighted by Crippen LogP contribution is 2.19. The highest BCUT2D eigenvalue weighted by Gasteiger charge is 2.05. The molecule has 0 fully saturated rings. The molecule has 120 valence electrons. The quantitative estimate of drug-likeness (QED) is 0.593. The van der Waals surface area contributed by atoms with Gasteiger partial charge in [-0.15, -0.1) is 0 Å². The van der Waals surface area contributed by atoms with Crippen molar-refractivity contribution in [2.75, 3.05) is 5.32 Å². The smallest absolute Gasteiger partial charge is 0.137 e. The van der Waals surface area contributed by atoms with Crippen LogP contribution in [0.15, 0.2) is 55.4 Å². The van der Waals surface area contributed by atoms with Crippen LogP contribution in [0.2, 0.25) is 0 Å². The van der Waals surface area contributed by atoms with Gasteiger partial charge >= 0.3 is 0 Å². The van der Waals surface area contributed by atoms with Crippen LogP contribution in [0.4, 0.5) is 5.82 Å². The number of fused-ring (bicyclic) bond motifs is 1. The summed E-state index contributed by atoms with van der Waals surface area (Å²) >= 11 is 0. The molecule has 0 saturated carbocycles. The Morgan fingerprint density at radius 1 is 1.17 bits per heavy atom. The van der Waals surface area contributed by atoms with Crippen LogP contribution in [0.25, 0.3) is 11.0 Å². The Bertz CT molecular complexity index is 951. The molecule has 0 aliphatic rings. The first kappa shape index (κ1) is 14.4. The van der Waals surface area contributed by atoms with Gasteiger partial charge in [0.15, 0.2) is 0 Å². The minimum absolute atomic E-state index is 0.668. The van der Waals surface area contributed by atoms with E-state index in [9.17, 15) is 0 Å². The molecule has 2 N–H and O–H groups in total. The summed E-state index contributed by atoms with van der Waals surface area (Å²) in [6.45, 7) is 0.668. The number of hydrogen-bond donors (Lipinski definition) is 2. The Balaban J connectivity index is 1.43. The largest absolute Gasteiger partial charge is 0.364 e. The molecular formula is C18H18N6. The van der Waals surface area contributed by atoms with Crippen LogP contribution in [-0.2, 0) is 20.0 Å². The lowest BCUT2D eigenvalue weighted by atomic mass is 10.1. The molecular weight excluding hydrogens is 300 g/mol. The molecule has 0 aliphatic carbocycles. The summed E-state index contributed by atoms with van der Waals surface area (Å²) in [5.41, 5.74) is 4.32. The summed E-state index contributed by atoms with van der Waals surface area (Å²) < 4.78 is 1.93. The summed E-state index contributed by atoms with van der Waals surface area (Å²) in [5, 5.41) is 4.45. The zero-order valence-corrected chi connectivity index (χ0v) is 13.4. The highest BCUT2D eigenvalue weighted by atomic mass is 15.0. The predicted molar refractivity (Wildman–Crippen MR) is 93.7 cm³/mol. The molecule has 0 aliphatic heterocycles. The van der Waals surface area contributed by atoms with Gasteiger partial charge in [0, 0.05) is 43.6 Å². The lowest BCUT2D eigenvalue weighted by Crippen LogP contribution is -2.02. The number of aromatic amines is 1. The second-order valence-corrected chi connectivity index (χ2v) is 5.83.